The summed E-state index contributed by atoms with van der Waals surface area (Å²) in [4.78, 5) is 8.24. The number of nitrogens with zero attached hydrogens (tertiary/aromatic N) is 4. The summed E-state index contributed by atoms with van der Waals surface area (Å²) in [5.41, 5.74) is 3.61. The Balaban J connectivity index is 2.01. The fourth-order valence-corrected chi connectivity index (χ4v) is 2.99. The van der Waals surface area contributed by atoms with E-state index >= 15 is 0 Å². The second-order valence-corrected chi connectivity index (χ2v) is 4.91. The first-order chi connectivity index (χ1) is 11.1. The number of fused-ring (bicyclic) bond motifs is 7. The van der Waals surface area contributed by atoms with E-state index < -0.39 is 6.98 Å². The largest absolute Gasteiger partial charge is 0.419 e. The lowest BCUT2D eigenvalue weighted by Gasteiger charge is -1.94. The van der Waals surface area contributed by atoms with Crippen LogP contribution in [0.2, 0.25) is 0 Å². The quantitative estimate of drug-likeness (QED) is 0.403. The molecule has 0 radical (unpaired) electrons. The topological polar surface area (TPSA) is 47.7 Å². The zero-order chi connectivity index (χ0) is 15.8. The predicted octanol–water partition coefficient (Wildman–Crippen LogP) is 2.03. The monoisotopic (exact) mass is 266 g/mol. The van der Waals surface area contributed by atoms with Crippen LogP contribution in [-0.2, 0) is 13.5 Å². The molecule has 0 spiro atoms. The van der Waals surface area contributed by atoms with Gasteiger partial charge in [-0.15, -0.1) is 0 Å². The van der Waals surface area contributed by atoms with Crippen molar-refractivity contribution >= 4 is 22.2 Å². The molecule has 5 rings (SSSR count). The Kier molecular flexibility index (Phi) is 1.27. The number of hydrogen-bond acceptors (Lipinski definition) is 3. The summed E-state index contributed by atoms with van der Waals surface area (Å²) < 4.78 is 33.2. The van der Waals surface area contributed by atoms with Gasteiger partial charge in [0.25, 0.3) is 5.82 Å². The van der Waals surface area contributed by atoms with Crippen LogP contribution in [0, 0.1) is 0 Å². The smallest absolute Gasteiger partial charge is 0.339 e. The van der Waals surface area contributed by atoms with Crippen LogP contribution in [0.3, 0.4) is 0 Å². The zero-order valence-corrected chi connectivity index (χ0v) is 10.4. The minimum atomic E-state index is -2.32. The van der Waals surface area contributed by atoms with Gasteiger partial charge in [-0.05, 0) is 6.07 Å². The first-order valence-electron chi connectivity index (χ1n) is 7.80. The highest BCUT2D eigenvalue weighted by Crippen LogP contribution is 2.34. The Morgan fingerprint density at radius 2 is 2.20 bits per heavy atom. The molecule has 0 bridgehead atoms. The van der Waals surface area contributed by atoms with Gasteiger partial charge in [0.1, 0.15) is 12.1 Å². The Labute approximate surface area is 118 Å². The lowest BCUT2D eigenvalue weighted by Crippen LogP contribution is -2.31. The molecule has 0 N–H and O–H groups in total. The fraction of sp³-hybridized carbons (Fsp3) is 0.133. The van der Waals surface area contributed by atoms with E-state index in [1.54, 1.807) is 30.9 Å². The van der Waals surface area contributed by atoms with Crippen molar-refractivity contribution in [2.45, 2.75) is 6.54 Å². The molecule has 5 nitrogen and oxygen atoms in total. The molecule has 0 fully saturated rings. The third-order valence-electron chi connectivity index (χ3n) is 3.85. The Morgan fingerprint density at radius 1 is 1.30 bits per heavy atom. The lowest BCUT2D eigenvalue weighted by atomic mass is 10.2. The molecule has 0 amide bonds. The van der Waals surface area contributed by atoms with Gasteiger partial charge in [0.05, 0.1) is 22.0 Å². The number of hydrogen-bond donors (Lipinski definition) is 0. The highest BCUT2D eigenvalue weighted by molar-refractivity contribution is 6.01. The Morgan fingerprint density at radius 3 is 3.15 bits per heavy atom. The number of pyridine rings is 2. The van der Waals surface area contributed by atoms with E-state index in [0.717, 1.165) is 11.1 Å². The molecule has 0 aromatic carbocycles. The van der Waals surface area contributed by atoms with Crippen LogP contribution in [0.1, 0.15) is 9.68 Å². The van der Waals surface area contributed by atoms with Gasteiger partial charge in [-0.1, -0.05) is 0 Å². The molecule has 5 heterocycles. The molecule has 96 valence electrons. The molecule has 5 heteroatoms. The van der Waals surface area contributed by atoms with E-state index in [4.69, 9.17) is 8.53 Å². The average molecular weight is 266 g/mol. The van der Waals surface area contributed by atoms with Crippen LogP contribution < -0.4 is 4.57 Å². The SMILES string of the molecule is [2H]C([2H])([2H])n1c2[n+](c3oc4ccncc4c31)Cc1cnccc1-2. The van der Waals surface area contributed by atoms with E-state index in [-0.39, 0.29) is 0 Å². The minimum Gasteiger partial charge on any atom is -0.419 e. The van der Waals surface area contributed by atoms with Gasteiger partial charge in [0, 0.05) is 36.4 Å². The summed E-state index contributed by atoms with van der Waals surface area (Å²) in [5.74, 6) is 0.627. The highest BCUT2D eigenvalue weighted by atomic mass is 16.3. The molecule has 1 aliphatic heterocycles. The van der Waals surface area contributed by atoms with E-state index in [2.05, 4.69) is 9.97 Å². The first-order valence-corrected chi connectivity index (χ1v) is 6.30. The number of rotatable bonds is 0. The highest BCUT2D eigenvalue weighted by Gasteiger charge is 2.35. The standard InChI is InChI=1S/C15H11N4O/c1-18-13-11-7-17-5-3-12(11)20-15(13)19-8-9-6-16-4-2-10(9)14(18)19/h2-7H,8H2,1H3/q+1/i1D3. The molecule has 0 unspecified atom stereocenters. The van der Waals surface area contributed by atoms with Crippen molar-refractivity contribution in [2.24, 2.45) is 6.98 Å². The van der Waals surface area contributed by atoms with Crippen molar-refractivity contribution in [3.05, 3.63) is 42.5 Å². The van der Waals surface area contributed by atoms with Crippen molar-refractivity contribution in [1.82, 2.24) is 14.5 Å². The number of furan rings is 1. The summed E-state index contributed by atoms with van der Waals surface area (Å²) in [7, 11) is 0. The molecule has 0 aliphatic carbocycles. The van der Waals surface area contributed by atoms with Gasteiger partial charge >= 0.3 is 5.71 Å². The summed E-state index contributed by atoms with van der Waals surface area (Å²) in [6.07, 6.45) is 6.72. The molecule has 4 aromatic heterocycles. The molecule has 0 atom stereocenters. The van der Waals surface area contributed by atoms with Gasteiger partial charge in [-0.2, -0.15) is 4.57 Å². The summed E-state index contributed by atoms with van der Waals surface area (Å²) in [6.45, 7) is -1.78. The third kappa shape index (κ3) is 1.02. The number of aromatic nitrogens is 4. The maximum Gasteiger partial charge on any atom is 0.339 e. The Bertz CT molecular complexity index is 1090. The second kappa shape index (κ2) is 3.25. The molecule has 20 heavy (non-hydrogen) atoms. The van der Waals surface area contributed by atoms with Crippen LogP contribution in [0.25, 0.3) is 33.6 Å². The lowest BCUT2D eigenvalue weighted by molar-refractivity contribution is -0.652. The maximum absolute atomic E-state index is 8.00. The summed E-state index contributed by atoms with van der Waals surface area (Å²) >= 11 is 0. The molecule has 1 aliphatic rings. The van der Waals surface area contributed by atoms with Gasteiger partial charge in [0.15, 0.2) is 0 Å². The van der Waals surface area contributed by atoms with Gasteiger partial charge in [-0.3, -0.25) is 9.97 Å². The van der Waals surface area contributed by atoms with Crippen LogP contribution in [0.15, 0.2) is 41.3 Å². The van der Waals surface area contributed by atoms with Gasteiger partial charge in [-0.25, -0.2) is 4.57 Å². The van der Waals surface area contributed by atoms with Crippen LogP contribution in [0.5, 0.6) is 0 Å². The third-order valence-corrected chi connectivity index (χ3v) is 3.85. The van der Waals surface area contributed by atoms with Crippen LogP contribution >= 0.6 is 0 Å². The maximum atomic E-state index is 8.00. The van der Waals surface area contributed by atoms with Crippen LogP contribution in [-0.4, -0.2) is 14.5 Å². The number of imidazole rings is 1. The molecule has 4 aromatic rings. The average Bonchev–Trinajstić information content (AvgIpc) is 3.13. The first kappa shape index (κ1) is 7.79. The molecule has 0 saturated carbocycles. The number of aryl methyl sites for hydroxylation is 1. The van der Waals surface area contributed by atoms with Crippen LogP contribution in [0.4, 0.5) is 0 Å². The minimum absolute atomic E-state index is 0.547. The van der Waals surface area contributed by atoms with E-state index in [0.29, 0.717) is 34.6 Å². The summed E-state index contributed by atoms with van der Waals surface area (Å²) in [6, 6.07) is 3.59. The molecular weight excluding hydrogens is 252 g/mol. The van der Waals surface area contributed by atoms with Gasteiger partial charge in [0.2, 0.25) is 5.52 Å². The van der Waals surface area contributed by atoms with Crippen molar-refractivity contribution in [1.29, 1.82) is 0 Å². The molecular formula is C15H11N4O+. The van der Waals surface area contributed by atoms with E-state index in [1.807, 2.05) is 10.6 Å². The fourth-order valence-electron chi connectivity index (χ4n) is 2.99. The zero-order valence-electron chi connectivity index (χ0n) is 13.4. The van der Waals surface area contributed by atoms with Gasteiger partial charge < -0.3 is 4.42 Å². The predicted molar refractivity (Wildman–Crippen MR) is 73.0 cm³/mol. The molecule has 0 saturated heterocycles. The van der Waals surface area contributed by atoms with E-state index in [1.165, 1.54) is 4.57 Å². The summed E-state index contributed by atoms with van der Waals surface area (Å²) in [5, 5.41) is 0.705. The van der Waals surface area contributed by atoms with Crippen molar-refractivity contribution in [3.8, 4) is 11.4 Å². The van der Waals surface area contributed by atoms with E-state index in [9.17, 15) is 0 Å². The Hall–Kier alpha value is -2.69. The van der Waals surface area contributed by atoms with Crippen molar-refractivity contribution in [2.75, 3.05) is 0 Å². The van der Waals surface area contributed by atoms with Crippen molar-refractivity contribution in [3.63, 3.8) is 0 Å². The van der Waals surface area contributed by atoms with Crippen molar-refractivity contribution < 1.29 is 13.1 Å². The normalized spacial score (nSPS) is 15.9. The second-order valence-electron chi connectivity index (χ2n) is 4.91.